The van der Waals surface area contributed by atoms with E-state index >= 15 is 0 Å². The molecular weight excluding hydrogens is 439 g/mol. The molecule has 0 unspecified atom stereocenters. The van der Waals surface area contributed by atoms with E-state index in [-0.39, 0.29) is 11.7 Å². The van der Waals surface area contributed by atoms with Crippen molar-refractivity contribution in [1.29, 1.82) is 0 Å². The van der Waals surface area contributed by atoms with E-state index in [1.54, 1.807) is 6.07 Å². The molecule has 0 aliphatic heterocycles. The van der Waals surface area contributed by atoms with Gasteiger partial charge in [0.05, 0.1) is 5.56 Å². The van der Waals surface area contributed by atoms with Crippen LogP contribution in [0.3, 0.4) is 0 Å². The van der Waals surface area contributed by atoms with Crippen LogP contribution in [0.25, 0.3) is 11.4 Å². The van der Waals surface area contributed by atoms with Gasteiger partial charge in [-0.25, -0.2) is 19.2 Å². The highest BCUT2D eigenvalue weighted by molar-refractivity contribution is 5.90. The molecule has 0 atom stereocenters. The van der Waals surface area contributed by atoms with Gasteiger partial charge in [0.2, 0.25) is 0 Å². The van der Waals surface area contributed by atoms with Gasteiger partial charge in [-0.15, -0.1) is 0 Å². The van der Waals surface area contributed by atoms with Crippen LogP contribution in [-0.4, -0.2) is 22.0 Å². The third-order valence-electron chi connectivity index (χ3n) is 7.25. The molecule has 1 aliphatic rings. The normalized spacial score (nSPS) is 17.9. The van der Waals surface area contributed by atoms with Crippen molar-refractivity contribution in [3.63, 3.8) is 0 Å². The molecule has 3 rings (SSSR count). The first-order chi connectivity index (χ1) is 17.1. The number of ether oxygens (including phenoxy) is 1. The average Bonchev–Trinajstić information content (AvgIpc) is 2.88. The number of benzene rings is 1. The average molecular weight is 483 g/mol. The fourth-order valence-electron chi connectivity index (χ4n) is 5.00. The van der Waals surface area contributed by atoms with Crippen LogP contribution in [0.1, 0.15) is 120 Å². The molecule has 1 heterocycles. The molecule has 1 aromatic heterocycles. The third-order valence-corrected chi connectivity index (χ3v) is 7.25. The SMILES string of the molecule is CCCCCCCc1cnc(-c2ccc(C(=O)O[C@H]3CC[C@H](CCCCCC)CC3)c(F)c2)nc1. The lowest BCUT2D eigenvalue weighted by Gasteiger charge is -2.28. The van der Waals surface area contributed by atoms with Gasteiger partial charge in [0, 0.05) is 18.0 Å². The van der Waals surface area contributed by atoms with E-state index in [4.69, 9.17) is 4.74 Å². The van der Waals surface area contributed by atoms with Crippen LogP contribution in [-0.2, 0) is 11.2 Å². The van der Waals surface area contributed by atoms with Crippen LogP contribution in [0.4, 0.5) is 4.39 Å². The highest BCUT2D eigenvalue weighted by Gasteiger charge is 2.25. The van der Waals surface area contributed by atoms with Crippen molar-refractivity contribution in [3.8, 4) is 11.4 Å². The standard InChI is InChI=1S/C30H43FN2O2/c1-3-5-7-9-11-13-24-21-32-29(33-22-24)25-16-19-27(28(31)20-25)30(34)35-26-17-14-23(15-18-26)12-10-8-6-4-2/h16,19-23,26H,3-15,17-18H2,1-2H3/t23-,26-. The minimum absolute atomic E-state index is 0.0147. The maximum Gasteiger partial charge on any atom is 0.341 e. The Bertz CT molecular complexity index is 892. The Morgan fingerprint density at radius 3 is 2.23 bits per heavy atom. The molecular formula is C30H43FN2O2. The topological polar surface area (TPSA) is 52.1 Å². The van der Waals surface area contributed by atoms with Gasteiger partial charge in [0.15, 0.2) is 5.82 Å². The summed E-state index contributed by atoms with van der Waals surface area (Å²) in [6.45, 7) is 4.45. The Labute approximate surface area is 211 Å². The van der Waals surface area contributed by atoms with Crippen molar-refractivity contribution >= 4 is 5.97 Å². The van der Waals surface area contributed by atoms with Gasteiger partial charge in [-0.3, -0.25) is 0 Å². The molecule has 0 radical (unpaired) electrons. The summed E-state index contributed by atoms with van der Waals surface area (Å²) in [6.07, 6.45) is 21.1. The Balaban J connectivity index is 1.47. The van der Waals surface area contributed by atoms with E-state index in [0.717, 1.165) is 50.0 Å². The van der Waals surface area contributed by atoms with Crippen molar-refractivity contribution in [2.24, 2.45) is 5.92 Å². The molecule has 0 amide bonds. The number of rotatable bonds is 14. The summed E-state index contributed by atoms with van der Waals surface area (Å²) < 4.78 is 20.5. The van der Waals surface area contributed by atoms with E-state index in [2.05, 4.69) is 23.8 Å². The molecule has 192 valence electrons. The minimum atomic E-state index is -0.583. The smallest absolute Gasteiger partial charge is 0.341 e. The Hall–Kier alpha value is -2.30. The number of hydrogen-bond donors (Lipinski definition) is 0. The number of hydrogen-bond acceptors (Lipinski definition) is 4. The van der Waals surface area contributed by atoms with E-state index in [9.17, 15) is 9.18 Å². The molecule has 1 aromatic carbocycles. The predicted octanol–water partition coefficient (Wildman–Crippen LogP) is 8.48. The second kappa shape index (κ2) is 15.0. The number of nitrogens with zero attached hydrogens (tertiary/aromatic N) is 2. The van der Waals surface area contributed by atoms with E-state index in [1.807, 2.05) is 12.4 Å². The summed E-state index contributed by atoms with van der Waals surface area (Å²) in [6, 6.07) is 4.54. The Morgan fingerprint density at radius 2 is 1.57 bits per heavy atom. The largest absolute Gasteiger partial charge is 0.459 e. The highest BCUT2D eigenvalue weighted by atomic mass is 19.1. The summed E-state index contributed by atoms with van der Waals surface area (Å²) >= 11 is 0. The van der Waals surface area contributed by atoms with Gasteiger partial charge in [0.1, 0.15) is 11.9 Å². The van der Waals surface area contributed by atoms with Crippen molar-refractivity contribution in [1.82, 2.24) is 9.97 Å². The van der Waals surface area contributed by atoms with Crippen LogP contribution in [0.15, 0.2) is 30.6 Å². The second-order valence-corrected chi connectivity index (χ2v) is 10.2. The molecule has 1 saturated carbocycles. The Morgan fingerprint density at radius 1 is 0.914 bits per heavy atom. The molecule has 1 fully saturated rings. The molecule has 0 N–H and O–H groups in total. The fourth-order valence-corrected chi connectivity index (χ4v) is 5.00. The molecule has 1 aliphatic carbocycles. The number of esters is 1. The van der Waals surface area contributed by atoms with E-state index < -0.39 is 11.8 Å². The zero-order chi connectivity index (χ0) is 24.9. The highest BCUT2D eigenvalue weighted by Crippen LogP contribution is 2.31. The number of unbranched alkanes of at least 4 members (excludes halogenated alkanes) is 7. The van der Waals surface area contributed by atoms with Gasteiger partial charge in [-0.2, -0.15) is 0 Å². The van der Waals surface area contributed by atoms with E-state index in [1.165, 1.54) is 69.9 Å². The first-order valence-electron chi connectivity index (χ1n) is 13.9. The number of aryl methyl sites for hydroxylation is 1. The van der Waals surface area contributed by atoms with Crippen molar-refractivity contribution < 1.29 is 13.9 Å². The molecule has 2 aromatic rings. The van der Waals surface area contributed by atoms with Crippen LogP contribution in [0.2, 0.25) is 0 Å². The molecule has 0 saturated heterocycles. The van der Waals surface area contributed by atoms with Crippen molar-refractivity contribution in [2.45, 2.75) is 116 Å². The molecule has 5 heteroatoms. The summed E-state index contributed by atoms with van der Waals surface area (Å²) in [5, 5.41) is 0. The van der Waals surface area contributed by atoms with Crippen LogP contribution < -0.4 is 0 Å². The zero-order valence-electron chi connectivity index (χ0n) is 21.7. The van der Waals surface area contributed by atoms with Gasteiger partial charge in [-0.05, 0) is 62.1 Å². The van der Waals surface area contributed by atoms with Gasteiger partial charge < -0.3 is 4.74 Å². The van der Waals surface area contributed by atoms with Gasteiger partial charge in [0.25, 0.3) is 0 Å². The van der Waals surface area contributed by atoms with Crippen LogP contribution in [0, 0.1) is 11.7 Å². The first kappa shape index (κ1) is 27.3. The maximum absolute atomic E-state index is 14.8. The number of carbonyl (C=O) groups is 1. The lowest BCUT2D eigenvalue weighted by atomic mass is 9.84. The van der Waals surface area contributed by atoms with Gasteiger partial charge >= 0.3 is 5.97 Å². The monoisotopic (exact) mass is 482 g/mol. The van der Waals surface area contributed by atoms with Crippen LogP contribution in [0.5, 0.6) is 0 Å². The quantitative estimate of drug-likeness (QED) is 0.200. The maximum atomic E-state index is 14.8. The minimum Gasteiger partial charge on any atom is -0.459 e. The lowest BCUT2D eigenvalue weighted by molar-refractivity contribution is 0.0156. The zero-order valence-corrected chi connectivity index (χ0v) is 21.7. The van der Waals surface area contributed by atoms with Gasteiger partial charge in [-0.1, -0.05) is 77.7 Å². The predicted molar refractivity (Wildman–Crippen MR) is 140 cm³/mol. The van der Waals surface area contributed by atoms with Crippen molar-refractivity contribution in [2.75, 3.05) is 0 Å². The Kier molecular flexibility index (Phi) is 11.7. The molecule has 4 nitrogen and oxygen atoms in total. The summed E-state index contributed by atoms with van der Waals surface area (Å²) in [5.74, 6) is 0.0570. The first-order valence-corrected chi connectivity index (χ1v) is 13.9. The summed E-state index contributed by atoms with van der Waals surface area (Å²) in [5.41, 5.74) is 1.65. The second-order valence-electron chi connectivity index (χ2n) is 10.2. The molecule has 0 bridgehead atoms. The summed E-state index contributed by atoms with van der Waals surface area (Å²) in [7, 11) is 0. The van der Waals surface area contributed by atoms with E-state index in [0.29, 0.717) is 11.4 Å². The third kappa shape index (κ3) is 9.01. The molecule has 0 spiro atoms. The number of aromatic nitrogens is 2. The molecule has 35 heavy (non-hydrogen) atoms. The van der Waals surface area contributed by atoms with Crippen LogP contribution >= 0.6 is 0 Å². The lowest BCUT2D eigenvalue weighted by Crippen LogP contribution is -2.25. The number of carbonyl (C=O) groups excluding carboxylic acids is 1. The summed E-state index contributed by atoms with van der Waals surface area (Å²) in [4.78, 5) is 21.5. The fraction of sp³-hybridized carbons (Fsp3) is 0.633. The van der Waals surface area contributed by atoms with Crippen molar-refractivity contribution in [3.05, 3.63) is 47.5 Å². The number of halogens is 1.